The number of nitrogens with two attached hydrogens (primary N) is 1. The number of carbonyl (C=O) groups is 4. The Balaban J connectivity index is 1.02. The molecule has 3 fully saturated rings. The molecule has 0 spiro atoms. The van der Waals surface area contributed by atoms with Crippen LogP contribution in [0.25, 0.3) is 0 Å². The summed E-state index contributed by atoms with van der Waals surface area (Å²) in [5.41, 5.74) is 5.86. The molecule has 2 aromatic rings. The van der Waals surface area contributed by atoms with Crippen LogP contribution >= 0.6 is 11.6 Å². The van der Waals surface area contributed by atoms with Crippen molar-refractivity contribution >= 4 is 47.0 Å². The highest BCUT2D eigenvalue weighted by atomic mass is 35.5. The predicted molar refractivity (Wildman–Crippen MR) is 226 cm³/mol. The minimum absolute atomic E-state index is 0.0619. The topological polar surface area (TPSA) is 144 Å². The van der Waals surface area contributed by atoms with Crippen LogP contribution in [0.4, 0.5) is 34.1 Å². The zero-order valence-corrected chi connectivity index (χ0v) is 36.0. The summed E-state index contributed by atoms with van der Waals surface area (Å²) < 4.78 is 53.0. The summed E-state index contributed by atoms with van der Waals surface area (Å²) in [6.07, 6.45) is -1.73. The molecule has 0 unspecified atom stereocenters. The highest BCUT2D eigenvalue weighted by molar-refractivity contribution is 6.33. The molecule has 14 nitrogen and oxygen atoms in total. The van der Waals surface area contributed by atoms with Gasteiger partial charge in [-0.15, -0.1) is 0 Å². The summed E-state index contributed by atoms with van der Waals surface area (Å²) in [7, 11) is 3.97. The average Bonchev–Trinajstić information content (AvgIpc) is 3.41. The molecule has 3 saturated heterocycles. The zero-order chi connectivity index (χ0) is 43.7. The van der Waals surface area contributed by atoms with Crippen molar-refractivity contribution in [1.82, 2.24) is 29.4 Å². The number of fused-ring (bicyclic) bond motifs is 1. The monoisotopic (exact) mass is 876 g/mol. The molecule has 4 aliphatic rings. The minimum Gasteiger partial charge on any atom is -0.466 e. The maximum absolute atomic E-state index is 14.2. The molecule has 3 N–H and O–H groups in total. The van der Waals surface area contributed by atoms with E-state index in [-0.39, 0.29) is 48.1 Å². The van der Waals surface area contributed by atoms with Crippen LogP contribution < -0.4 is 11.1 Å². The number of amides is 4. The number of benzene rings is 2. The van der Waals surface area contributed by atoms with Crippen molar-refractivity contribution in [2.24, 2.45) is 0 Å². The lowest BCUT2D eigenvalue weighted by atomic mass is 10.0. The van der Waals surface area contributed by atoms with Gasteiger partial charge in [0.05, 0.1) is 22.9 Å². The van der Waals surface area contributed by atoms with Crippen LogP contribution in [0.15, 0.2) is 36.4 Å². The number of alkyl halides is 3. The number of halogens is 4. The van der Waals surface area contributed by atoms with Crippen LogP contribution in [0.3, 0.4) is 0 Å². The third-order valence-electron chi connectivity index (χ3n) is 12.3. The predicted octanol–water partition coefficient (Wildman–Crippen LogP) is 5.43. The van der Waals surface area contributed by atoms with E-state index >= 15 is 0 Å². The Hall–Kier alpha value is -4.32. The molecule has 0 aliphatic carbocycles. The number of urea groups is 1. The first kappa shape index (κ1) is 46.2. The molecule has 61 heavy (non-hydrogen) atoms. The Bertz CT molecular complexity index is 1830. The SMILES string of the molecule is CN(C)CCCOC(=O)CCCN1CCC(N2CCN(C(=O)[C@@H](Cc3cc(Cl)c(N)c(C(F)(F)F)c3)OC(=O)N3CCC(N4CCc5ccccc5NC4=O)CC3)CC2)CC1. The highest BCUT2D eigenvalue weighted by Gasteiger charge is 2.38. The van der Waals surface area contributed by atoms with Gasteiger partial charge in [-0.1, -0.05) is 29.8 Å². The minimum atomic E-state index is -4.79. The van der Waals surface area contributed by atoms with Gasteiger partial charge in [-0.05, 0) is 108 Å². The van der Waals surface area contributed by atoms with Crippen LogP contribution in [0.1, 0.15) is 61.6 Å². The summed E-state index contributed by atoms with van der Waals surface area (Å²) >= 11 is 6.16. The van der Waals surface area contributed by atoms with Gasteiger partial charge in [0.1, 0.15) is 0 Å². The van der Waals surface area contributed by atoms with E-state index in [2.05, 4.69) is 20.0 Å². The van der Waals surface area contributed by atoms with Gasteiger partial charge in [0, 0.05) is 83.0 Å². The van der Waals surface area contributed by atoms with E-state index in [1.165, 1.54) is 11.0 Å². The summed E-state index contributed by atoms with van der Waals surface area (Å²) in [6, 6.07) is 9.83. The van der Waals surface area contributed by atoms with E-state index in [0.717, 1.165) is 69.2 Å². The van der Waals surface area contributed by atoms with Gasteiger partial charge in [-0.2, -0.15) is 13.2 Å². The number of ether oxygens (including phenoxy) is 2. The van der Waals surface area contributed by atoms with Crippen molar-refractivity contribution < 1.29 is 41.8 Å². The van der Waals surface area contributed by atoms with Gasteiger partial charge in [0.2, 0.25) is 0 Å². The second-order valence-corrected chi connectivity index (χ2v) is 17.2. The molecule has 18 heteroatoms. The molecule has 1 atom stereocenters. The number of esters is 1. The van der Waals surface area contributed by atoms with Crippen molar-refractivity contribution in [3.8, 4) is 0 Å². The first-order valence-corrected chi connectivity index (χ1v) is 21.9. The molecule has 0 radical (unpaired) electrons. The van der Waals surface area contributed by atoms with Gasteiger partial charge in [0.15, 0.2) is 6.10 Å². The number of likely N-dealkylation sites (tertiary alicyclic amines) is 2. The fourth-order valence-corrected chi connectivity index (χ4v) is 9.06. The van der Waals surface area contributed by atoms with E-state index < -0.39 is 35.5 Å². The lowest BCUT2D eigenvalue weighted by Crippen LogP contribution is -2.56. The number of hydrogen-bond donors (Lipinski definition) is 2. The van der Waals surface area contributed by atoms with Gasteiger partial charge >= 0.3 is 24.3 Å². The molecule has 4 amide bonds. The number of nitrogens with zero attached hydrogens (tertiary/aromatic N) is 6. The fraction of sp³-hybridized carbons (Fsp3) is 0.628. The maximum Gasteiger partial charge on any atom is 0.418 e. The van der Waals surface area contributed by atoms with Gasteiger partial charge in [-0.3, -0.25) is 14.5 Å². The second-order valence-electron chi connectivity index (χ2n) is 16.8. The maximum atomic E-state index is 14.2. The number of nitrogen functional groups attached to an aromatic ring is 1. The smallest absolute Gasteiger partial charge is 0.418 e. The second kappa shape index (κ2) is 21.2. The number of piperidine rings is 2. The van der Waals surface area contributed by atoms with Crippen LogP contribution in [0.2, 0.25) is 5.02 Å². The molecular weight excluding hydrogens is 817 g/mol. The van der Waals surface area contributed by atoms with Gasteiger partial charge in [0.25, 0.3) is 5.91 Å². The van der Waals surface area contributed by atoms with Crippen LogP contribution in [-0.4, -0.2) is 164 Å². The van der Waals surface area contributed by atoms with Crippen molar-refractivity contribution in [1.29, 1.82) is 0 Å². The summed E-state index contributed by atoms with van der Waals surface area (Å²) in [6.45, 7) is 6.96. The standard InChI is InChI=1S/C43H60ClF3N8O6/c1-50(2)15-6-26-60-38(56)9-5-16-51-17-11-32(12-18-51)52-22-24-53(25-23-52)40(57)37(29-30-27-34(43(45,46)47)39(48)35(44)28-30)61-42(59)54-19-13-33(14-20-54)55-21-10-31-7-3-4-8-36(31)49-41(55)58/h3-4,7-8,27-28,32-33,37H,5-6,9-26,29,48H2,1-2H3,(H,49,58)/t37-/m1/s1. The number of rotatable bonds is 14. The van der Waals surface area contributed by atoms with E-state index in [1.807, 2.05) is 38.4 Å². The normalized spacial score (nSPS) is 19.3. The Kier molecular flexibility index (Phi) is 16.0. The first-order valence-electron chi connectivity index (χ1n) is 21.5. The lowest BCUT2D eigenvalue weighted by Gasteiger charge is -2.43. The van der Waals surface area contributed by atoms with Crippen LogP contribution in [-0.2, 0) is 38.1 Å². The molecule has 2 aromatic carbocycles. The van der Waals surface area contributed by atoms with Gasteiger partial charge in [-0.25, -0.2) is 9.59 Å². The Morgan fingerprint density at radius 3 is 2.30 bits per heavy atom. The number of piperazine rings is 1. The van der Waals surface area contributed by atoms with Crippen LogP contribution in [0.5, 0.6) is 0 Å². The Labute approximate surface area is 361 Å². The van der Waals surface area contributed by atoms with Crippen molar-refractivity contribution in [3.63, 3.8) is 0 Å². The quantitative estimate of drug-likeness (QED) is 0.143. The first-order chi connectivity index (χ1) is 29.2. The number of anilines is 2. The van der Waals surface area contributed by atoms with E-state index in [9.17, 15) is 32.3 Å². The molecule has 4 aliphatic heterocycles. The zero-order valence-electron chi connectivity index (χ0n) is 35.3. The third kappa shape index (κ3) is 12.6. The largest absolute Gasteiger partial charge is 0.466 e. The number of hydrogen-bond acceptors (Lipinski definition) is 10. The molecule has 0 bridgehead atoms. The van der Waals surface area contributed by atoms with Crippen LogP contribution in [0, 0.1) is 0 Å². The molecule has 0 saturated carbocycles. The third-order valence-corrected chi connectivity index (χ3v) is 12.6. The highest BCUT2D eigenvalue weighted by Crippen LogP contribution is 2.38. The van der Waals surface area contributed by atoms with Crippen molar-refractivity contribution in [2.45, 2.75) is 82.2 Å². The van der Waals surface area contributed by atoms with Crippen molar-refractivity contribution in [3.05, 3.63) is 58.1 Å². The van der Waals surface area contributed by atoms with E-state index in [0.29, 0.717) is 71.1 Å². The lowest BCUT2D eigenvalue weighted by molar-refractivity contribution is -0.144. The fourth-order valence-electron chi connectivity index (χ4n) is 8.82. The average molecular weight is 877 g/mol. The molecular formula is C43H60ClF3N8O6. The Morgan fingerprint density at radius 2 is 1.61 bits per heavy atom. The molecule has 4 heterocycles. The van der Waals surface area contributed by atoms with E-state index in [1.54, 1.807) is 9.80 Å². The molecule has 6 rings (SSSR count). The van der Waals surface area contributed by atoms with Crippen molar-refractivity contribution in [2.75, 3.05) is 104 Å². The van der Waals surface area contributed by atoms with E-state index in [4.69, 9.17) is 26.8 Å². The Morgan fingerprint density at radius 1 is 0.918 bits per heavy atom. The molecule has 336 valence electrons. The van der Waals surface area contributed by atoms with Gasteiger partial charge < -0.3 is 45.0 Å². The number of para-hydroxylation sites is 1. The molecule has 0 aromatic heterocycles. The number of nitrogens with one attached hydrogen (secondary N) is 1. The number of carbonyl (C=O) groups excluding carboxylic acids is 4. The summed E-state index contributed by atoms with van der Waals surface area (Å²) in [5, 5.41) is 2.68. The summed E-state index contributed by atoms with van der Waals surface area (Å²) in [4.78, 5) is 64.9. The summed E-state index contributed by atoms with van der Waals surface area (Å²) in [5.74, 6) is -0.648.